The minimum atomic E-state index is 0.432. The molecule has 1 heterocycles. The first-order valence-electron chi connectivity index (χ1n) is 7.02. The average Bonchev–Trinajstić information content (AvgIpc) is 3.24. The predicted octanol–water partition coefficient (Wildman–Crippen LogP) is 2.91. The SMILES string of the molecule is CCCNC(c1cccc2c1OCCO2)C1CC1. The maximum atomic E-state index is 5.83. The van der Waals surface area contributed by atoms with Crippen LogP contribution in [-0.4, -0.2) is 19.8 Å². The molecule has 0 bridgehead atoms. The van der Waals surface area contributed by atoms with Gasteiger partial charge in [-0.15, -0.1) is 0 Å². The third-order valence-electron chi connectivity index (χ3n) is 3.64. The van der Waals surface area contributed by atoms with Crippen LogP contribution in [-0.2, 0) is 0 Å². The van der Waals surface area contributed by atoms with Gasteiger partial charge in [0.05, 0.1) is 0 Å². The summed E-state index contributed by atoms with van der Waals surface area (Å²) < 4.78 is 11.5. The minimum Gasteiger partial charge on any atom is -0.486 e. The molecule has 0 aromatic heterocycles. The molecule has 1 saturated carbocycles. The number of hydrogen-bond donors (Lipinski definition) is 1. The third-order valence-corrected chi connectivity index (χ3v) is 3.64. The molecule has 3 heteroatoms. The van der Waals surface area contributed by atoms with Crippen molar-refractivity contribution in [1.82, 2.24) is 5.32 Å². The van der Waals surface area contributed by atoms with Crippen LogP contribution in [0.3, 0.4) is 0 Å². The molecule has 0 amide bonds. The summed E-state index contributed by atoms with van der Waals surface area (Å²) in [6, 6.07) is 6.69. The summed E-state index contributed by atoms with van der Waals surface area (Å²) in [7, 11) is 0. The van der Waals surface area contributed by atoms with Crippen molar-refractivity contribution in [2.75, 3.05) is 19.8 Å². The van der Waals surface area contributed by atoms with E-state index >= 15 is 0 Å². The Morgan fingerprint density at radius 2 is 2.11 bits per heavy atom. The van der Waals surface area contributed by atoms with Crippen molar-refractivity contribution < 1.29 is 9.47 Å². The molecule has 1 aliphatic heterocycles. The molecule has 1 fully saturated rings. The van der Waals surface area contributed by atoms with Gasteiger partial charge in [0.2, 0.25) is 0 Å². The van der Waals surface area contributed by atoms with Crippen LogP contribution in [0.5, 0.6) is 11.5 Å². The molecule has 3 rings (SSSR count). The van der Waals surface area contributed by atoms with Crippen LogP contribution in [0.25, 0.3) is 0 Å². The molecule has 18 heavy (non-hydrogen) atoms. The lowest BCUT2D eigenvalue weighted by molar-refractivity contribution is 0.168. The van der Waals surface area contributed by atoms with Crippen LogP contribution in [0.2, 0.25) is 0 Å². The molecule has 1 aromatic carbocycles. The summed E-state index contributed by atoms with van der Waals surface area (Å²) >= 11 is 0. The zero-order chi connectivity index (χ0) is 12.4. The van der Waals surface area contributed by atoms with Gasteiger partial charge in [0.15, 0.2) is 11.5 Å². The van der Waals surface area contributed by atoms with Gasteiger partial charge in [-0.05, 0) is 37.8 Å². The Morgan fingerprint density at radius 3 is 2.89 bits per heavy atom. The average molecular weight is 247 g/mol. The van der Waals surface area contributed by atoms with Crippen LogP contribution < -0.4 is 14.8 Å². The molecule has 0 spiro atoms. The van der Waals surface area contributed by atoms with Crippen molar-refractivity contribution in [2.24, 2.45) is 5.92 Å². The second kappa shape index (κ2) is 5.19. The fraction of sp³-hybridized carbons (Fsp3) is 0.600. The van der Waals surface area contributed by atoms with Gasteiger partial charge >= 0.3 is 0 Å². The van der Waals surface area contributed by atoms with E-state index in [1.165, 1.54) is 18.4 Å². The highest BCUT2D eigenvalue weighted by Crippen LogP contribution is 2.46. The molecule has 2 aliphatic rings. The van der Waals surface area contributed by atoms with Gasteiger partial charge in [-0.1, -0.05) is 19.1 Å². The van der Waals surface area contributed by atoms with Gasteiger partial charge in [0, 0.05) is 11.6 Å². The monoisotopic (exact) mass is 247 g/mol. The maximum absolute atomic E-state index is 5.83. The highest BCUT2D eigenvalue weighted by atomic mass is 16.6. The van der Waals surface area contributed by atoms with Gasteiger partial charge in [0.1, 0.15) is 13.2 Å². The smallest absolute Gasteiger partial charge is 0.166 e. The Morgan fingerprint density at radius 1 is 1.28 bits per heavy atom. The second-order valence-corrected chi connectivity index (χ2v) is 5.14. The first-order valence-corrected chi connectivity index (χ1v) is 7.02. The van der Waals surface area contributed by atoms with Crippen LogP contribution in [0.1, 0.15) is 37.8 Å². The lowest BCUT2D eigenvalue weighted by atomic mass is 10.0. The molecule has 0 saturated heterocycles. The van der Waals surface area contributed by atoms with Crippen LogP contribution >= 0.6 is 0 Å². The topological polar surface area (TPSA) is 30.5 Å². The normalized spacial score (nSPS) is 19.6. The van der Waals surface area contributed by atoms with Crippen molar-refractivity contribution >= 4 is 0 Å². The zero-order valence-corrected chi connectivity index (χ0v) is 10.9. The summed E-state index contributed by atoms with van der Waals surface area (Å²) in [5, 5.41) is 3.66. The first kappa shape index (κ1) is 11.8. The van der Waals surface area contributed by atoms with Crippen molar-refractivity contribution in [1.29, 1.82) is 0 Å². The largest absolute Gasteiger partial charge is 0.486 e. The molecule has 1 aliphatic carbocycles. The number of ether oxygens (including phenoxy) is 2. The molecule has 0 radical (unpaired) electrons. The van der Waals surface area contributed by atoms with E-state index in [-0.39, 0.29) is 0 Å². The summed E-state index contributed by atoms with van der Waals surface area (Å²) in [5.74, 6) is 2.64. The molecular weight excluding hydrogens is 226 g/mol. The second-order valence-electron chi connectivity index (χ2n) is 5.14. The Hall–Kier alpha value is -1.22. The molecule has 98 valence electrons. The van der Waals surface area contributed by atoms with Crippen molar-refractivity contribution in [3.63, 3.8) is 0 Å². The predicted molar refractivity (Wildman–Crippen MR) is 71.2 cm³/mol. The van der Waals surface area contributed by atoms with E-state index in [1.54, 1.807) is 0 Å². The number of benzene rings is 1. The van der Waals surface area contributed by atoms with E-state index in [0.717, 1.165) is 30.4 Å². The Bertz CT molecular complexity index is 415. The van der Waals surface area contributed by atoms with Gasteiger partial charge in [0.25, 0.3) is 0 Å². The summed E-state index contributed by atoms with van der Waals surface area (Å²) in [5.41, 5.74) is 1.28. The van der Waals surface area contributed by atoms with E-state index in [1.807, 2.05) is 6.07 Å². The van der Waals surface area contributed by atoms with E-state index < -0.39 is 0 Å². The van der Waals surface area contributed by atoms with Gasteiger partial charge in [-0.3, -0.25) is 0 Å². The van der Waals surface area contributed by atoms with Crippen LogP contribution in [0, 0.1) is 5.92 Å². The van der Waals surface area contributed by atoms with Crippen molar-refractivity contribution in [3.8, 4) is 11.5 Å². The maximum Gasteiger partial charge on any atom is 0.166 e. The third kappa shape index (κ3) is 2.32. The quantitative estimate of drug-likeness (QED) is 0.868. The van der Waals surface area contributed by atoms with Gasteiger partial charge in [-0.2, -0.15) is 0 Å². The molecular formula is C15H21NO2. The van der Waals surface area contributed by atoms with E-state index in [2.05, 4.69) is 24.4 Å². The first-order chi connectivity index (χ1) is 8.90. The standard InChI is InChI=1S/C15H21NO2/c1-2-8-16-14(11-6-7-11)12-4-3-5-13-15(12)18-10-9-17-13/h3-5,11,14,16H,2,6-10H2,1H3. The summed E-state index contributed by atoms with van der Waals surface area (Å²) in [4.78, 5) is 0. The van der Waals surface area contributed by atoms with Crippen LogP contribution in [0.15, 0.2) is 18.2 Å². The molecule has 1 atom stereocenters. The number of hydrogen-bond acceptors (Lipinski definition) is 3. The Balaban J connectivity index is 1.88. The van der Waals surface area contributed by atoms with Crippen molar-refractivity contribution in [3.05, 3.63) is 23.8 Å². The van der Waals surface area contributed by atoms with E-state index in [9.17, 15) is 0 Å². The van der Waals surface area contributed by atoms with Gasteiger partial charge in [-0.25, -0.2) is 0 Å². The number of fused-ring (bicyclic) bond motifs is 1. The lowest BCUT2D eigenvalue weighted by Crippen LogP contribution is -2.26. The van der Waals surface area contributed by atoms with Gasteiger partial charge < -0.3 is 14.8 Å². The highest BCUT2D eigenvalue weighted by molar-refractivity contribution is 5.49. The lowest BCUT2D eigenvalue weighted by Gasteiger charge is -2.26. The fourth-order valence-corrected chi connectivity index (χ4v) is 2.60. The minimum absolute atomic E-state index is 0.432. The van der Waals surface area contributed by atoms with Crippen molar-refractivity contribution in [2.45, 2.75) is 32.2 Å². The Labute approximate surface area is 108 Å². The number of para-hydroxylation sites is 1. The van der Waals surface area contributed by atoms with Crippen LogP contribution in [0.4, 0.5) is 0 Å². The summed E-state index contributed by atoms with van der Waals surface area (Å²) in [6.45, 7) is 4.59. The highest BCUT2D eigenvalue weighted by Gasteiger charge is 2.34. The van der Waals surface area contributed by atoms with E-state index in [4.69, 9.17) is 9.47 Å². The number of rotatable bonds is 5. The fourth-order valence-electron chi connectivity index (χ4n) is 2.60. The Kier molecular flexibility index (Phi) is 3.41. The molecule has 3 nitrogen and oxygen atoms in total. The number of nitrogens with one attached hydrogen (secondary N) is 1. The zero-order valence-electron chi connectivity index (χ0n) is 10.9. The molecule has 1 aromatic rings. The van der Waals surface area contributed by atoms with E-state index in [0.29, 0.717) is 19.3 Å². The molecule has 1 N–H and O–H groups in total. The summed E-state index contributed by atoms with van der Waals surface area (Å²) in [6.07, 6.45) is 3.81. The molecule has 1 unspecified atom stereocenters.